The molecule has 0 aliphatic rings. The van der Waals surface area contributed by atoms with E-state index in [1.807, 2.05) is 0 Å². The van der Waals surface area contributed by atoms with Crippen LogP contribution in [0.5, 0.6) is 0 Å². The number of rotatable bonds is 48. The van der Waals surface area contributed by atoms with Crippen LogP contribution in [0.2, 0.25) is 0 Å². The molecule has 0 aromatic heterocycles. The van der Waals surface area contributed by atoms with Gasteiger partial charge in [-0.1, -0.05) is 203 Å². The first kappa shape index (κ1) is 60.9. The van der Waals surface area contributed by atoms with E-state index in [1.54, 1.807) is 0 Å². The Morgan fingerprint density at radius 2 is 0.578 bits per heavy atom. The van der Waals surface area contributed by atoms with Gasteiger partial charge in [0.1, 0.15) is 13.2 Å². The number of hydrogen-bond donors (Lipinski definition) is 0. The minimum Gasteiger partial charge on any atom is -0.462 e. The first-order valence-electron chi connectivity index (χ1n) is 26.9. The normalized spacial score (nSPS) is 12.6. The molecule has 368 valence electrons. The summed E-state index contributed by atoms with van der Waals surface area (Å²) in [7, 11) is 0. The minimum absolute atomic E-state index is 0.0899. The van der Waals surface area contributed by atoms with Gasteiger partial charge in [0.2, 0.25) is 0 Å². The molecule has 0 N–H and O–H groups in total. The molecule has 6 heteroatoms. The SMILES string of the molecule is CCCC/C=C\C/C=C\CCCCCCCC(=O)OC(COC(=O)CCCCCCC/C=C\CCCCCC)COC(=O)CCCCCCCC/C=C\C/C=C\C/C=C\CCCCC. The number of allylic oxidation sites excluding steroid dienone is 12. The Hall–Kier alpha value is -3.15. The van der Waals surface area contributed by atoms with Crippen LogP contribution in [0.4, 0.5) is 0 Å². The predicted octanol–water partition coefficient (Wildman–Crippen LogP) is 17.8. The summed E-state index contributed by atoms with van der Waals surface area (Å²) in [4.78, 5) is 38.0. The van der Waals surface area contributed by atoms with E-state index in [0.29, 0.717) is 19.3 Å². The molecule has 0 heterocycles. The van der Waals surface area contributed by atoms with E-state index in [2.05, 4.69) is 93.7 Å². The lowest BCUT2D eigenvalue weighted by molar-refractivity contribution is -0.167. The second-order valence-electron chi connectivity index (χ2n) is 17.8. The second kappa shape index (κ2) is 52.5. The van der Waals surface area contributed by atoms with Gasteiger partial charge in [0.05, 0.1) is 0 Å². The molecule has 0 fully saturated rings. The van der Waals surface area contributed by atoms with Gasteiger partial charge in [0, 0.05) is 19.3 Å². The Bertz CT molecular complexity index is 1210. The third-order valence-electron chi connectivity index (χ3n) is 11.4. The van der Waals surface area contributed by atoms with Crippen molar-refractivity contribution in [2.45, 2.75) is 264 Å². The monoisotopic (exact) mass is 893 g/mol. The second-order valence-corrected chi connectivity index (χ2v) is 17.8. The van der Waals surface area contributed by atoms with Crippen LogP contribution in [0.15, 0.2) is 72.9 Å². The van der Waals surface area contributed by atoms with E-state index in [1.165, 1.54) is 109 Å². The van der Waals surface area contributed by atoms with Crippen molar-refractivity contribution >= 4 is 17.9 Å². The van der Waals surface area contributed by atoms with Crippen molar-refractivity contribution in [3.8, 4) is 0 Å². The first-order valence-corrected chi connectivity index (χ1v) is 26.9. The van der Waals surface area contributed by atoms with Crippen molar-refractivity contribution in [2.24, 2.45) is 0 Å². The molecule has 0 spiro atoms. The van der Waals surface area contributed by atoms with Gasteiger partial charge in [-0.3, -0.25) is 14.4 Å². The number of carbonyl (C=O) groups excluding carboxylic acids is 3. The van der Waals surface area contributed by atoms with Crippen LogP contribution >= 0.6 is 0 Å². The highest BCUT2D eigenvalue weighted by molar-refractivity contribution is 5.71. The van der Waals surface area contributed by atoms with Gasteiger partial charge in [-0.05, 0) is 109 Å². The number of unbranched alkanes of at least 4 members (excludes halogenated alkanes) is 25. The van der Waals surface area contributed by atoms with Crippen molar-refractivity contribution in [3.05, 3.63) is 72.9 Å². The van der Waals surface area contributed by atoms with E-state index >= 15 is 0 Å². The summed E-state index contributed by atoms with van der Waals surface area (Å²) in [6, 6.07) is 0. The zero-order valence-corrected chi connectivity index (χ0v) is 42.0. The molecule has 0 aliphatic carbocycles. The van der Waals surface area contributed by atoms with Gasteiger partial charge in [0.25, 0.3) is 0 Å². The Labute approximate surface area is 395 Å². The molecule has 0 amide bonds. The zero-order valence-electron chi connectivity index (χ0n) is 42.0. The van der Waals surface area contributed by atoms with Gasteiger partial charge in [0.15, 0.2) is 6.10 Å². The van der Waals surface area contributed by atoms with Crippen LogP contribution < -0.4 is 0 Å². The molecule has 0 rings (SSSR count). The Balaban J connectivity index is 4.41. The van der Waals surface area contributed by atoms with Crippen LogP contribution in [0.1, 0.15) is 258 Å². The summed E-state index contributed by atoms with van der Waals surface area (Å²) in [5.74, 6) is -0.922. The molecular weight excluding hydrogens is 793 g/mol. The number of esters is 3. The molecule has 1 unspecified atom stereocenters. The Morgan fingerprint density at radius 1 is 0.312 bits per heavy atom. The largest absolute Gasteiger partial charge is 0.462 e. The molecule has 0 aromatic carbocycles. The smallest absolute Gasteiger partial charge is 0.306 e. The molecule has 6 nitrogen and oxygen atoms in total. The third kappa shape index (κ3) is 49.9. The summed E-state index contributed by atoms with van der Waals surface area (Å²) in [5, 5.41) is 0. The van der Waals surface area contributed by atoms with E-state index < -0.39 is 6.10 Å². The van der Waals surface area contributed by atoms with Gasteiger partial charge in [-0.25, -0.2) is 0 Å². The lowest BCUT2D eigenvalue weighted by Gasteiger charge is -2.18. The van der Waals surface area contributed by atoms with E-state index in [9.17, 15) is 14.4 Å². The molecule has 0 radical (unpaired) electrons. The van der Waals surface area contributed by atoms with E-state index in [0.717, 1.165) is 109 Å². The van der Waals surface area contributed by atoms with Crippen molar-refractivity contribution in [1.29, 1.82) is 0 Å². The van der Waals surface area contributed by atoms with Gasteiger partial charge in [-0.15, -0.1) is 0 Å². The van der Waals surface area contributed by atoms with Crippen LogP contribution in [0.3, 0.4) is 0 Å². The quantitative estimate of drug-likeness (QED) is 0.0262. The topological polar surface area (TPSA) is 78.9 Å². The van der Waals surface area contributed by atoms with Crippen molar-refractivity contribution < 1.29 is 28.6 Å². The lowest BCUT2D eigenvalue weighted by Crippen LogP contribution is -2.30. The van der Waals surface area contributed by atoms with Crippen molar-refractivity contribution in [2.75, 3.05) is 13.2 Å². The molecule has 0 aromatic rings. The molecule has 0 bridgehead atoms. The summed E-state index contributed by atoms with van der Waals surface area (Å²) in [6.07, 6.45) is 65.9. The van der Waals surface area contributed by atoms with Crippen LogP contribution in [-0.2, 0) is 28.6 Å². The molecule has 64 heavy (non-hydrogen) atoms. The summed E-state index contributed by atoms with van der Waals surface area (Å²) < 4.78 is 16.8. The van der Waals surface area contributed by atoms with Crippen LogP contribution in [0.25, 0.3) is 0 Å². The standard InChI is InChI=1S/C58H100O6/c1-4-7-10-13-16-19-22-25-27-28-29-30-31-34-36-39-42-45-48-51-57(60)63-54-55(53-62-56(59)50-47-44-41-38-35-32-24-21-18-15-12-9-6-3)64-58(61)52-49-46-43-40-37-33-26-23-20-17-14-11-8-5-2/h14,16-17,19,21,23-27,29-30,55H,4-13,15,18,20,22,28,31-54H2,1-3H3/b17-14-,19-16-,24-21-,26-23-,27-25-,30-29-. The average Bonchev–Trinajstić information content (AvgIpc) is 3.29. The number of carbonyl (C=O) groups is 3. The maximum absolute atomic E-state index is 12.8. The van der Waals surface area contributed by atoms with Crippen LogP contribution in [0, 0.1) is 0 Å². The maximum Gasteiger partial charge on any atom is 0.306 e. The summed E-state index contributed by atoms with van der Waals surface area (Å²) in [5.41, 5.74) is 0. The average molecular weight is 893 g/mol. The number of ether oxygens (including phenoxy) is 3. The fraction of sp³-hybridized carbons (Fsp3) is 0.741. The Morgan fingerprint density at radius 3 is 0.969 bits per heavy atom. The highest BCUT2D eigenvalue weighted by Gasteiger charge is 2.19. The Kier molecular flexibility index (Phi) is 49.9. The van der Waals surface area contributed by atoms with E-state index in [4.69, 9.17) is 14.2 Å². The molecular formula is C58H100O6. The lowest BCUT2D eigenvalue weighted by atomic mass is 10.1. The van der Waals surface area contributed by atoms with Gasteiger partial charge < -0.3 is 14.2 Å². The predicted molar refractivity (Wildman–Crippen MR) is 274 cm³/mol. The van der Waals surface area contributed by atoms with E-state index in [-0.39, 0.29) is 31.1 Å². The fourth-order valence-electron chi connectivity index (χ4n) is 7.28. The minimum atomic E-state index is -0.791. The van der Waals surface area contributed by atoms with Crippen molar-refractivity contribution in [3.63, 3.8) is 0 Å². The molecule has 1 atom stereocenters. The first-order chi connectivity index (χ1) is 31.5. The maximum atomic E-state index is 12.8. The van der Waals surface area contributed by atoms with Gasteiger partial charge >= 0.3 is 17.9 Å². The highest BCUT2D eigenvalue weighted by Crippen LogP contribution is 2.14. The zero-order chi connectivity index (χ0) is 46.5. The number of hydrogen-bond acceptors (Lipinski definition) is 6. The highest BCUT2D eigenvalue weighted by atomic mass is 16.6. The van der Waals surface area contributed by atoms with Crippen molar-refractivity contribution in [1.82, 2.24) is 0 Å². The summed E-state index contributed by atoms with van der Waals surface area (Å²) in [6.45, 7) is 6.53. The molecule has 0 aliphatic heterocycles. The third-order valence-corrected chi connectivity index (χ3v) is 11.4. The molecule has 0 saturated carbocycles. The summed E-state index contributed by atoms with van der Waals surface area (Å²) >= 11 is 0. The van der Waals surface area contributed by atoms with Gasteiger partial charge in [-0.2, -0.15) is 0 Å². The molecule has 0 saturated heterocycles. The fourth-order valence-corrected chi connectivity index (χ4v) is 7.28. The van der Waals surface area contributed by atoms with Crippen LogP contribution in [-0.4, -0.2) is 37.2 Å².